The number of amides is 1. The van der Waals surface area contributed by atoms with E-state index >= 15 is 0 Å². The summed E-state index contributed by atoms with van der Waals surface area (Å²) in [5, 5.41) is 2.86. The van der Waals surface area contributed by atoms with E-state index in [2.05, 4.69) is 47.2 Å². The van der Waals surface area contributed by atoms with E-state index < -0.39 is 0 Å². The van der Waals surface area contributed by atoms with Crippen molar-refractivity contribution < 1.29 is 14.3 Å². The first kappa shape index (κ1) is 19.5. The minimum absolute atomic E-state index is 0.0609. The first-order chi connectivity index (χ1) is 14.0. The van der Waals surface area contributed by atoms with Crippen LogP contribution < -0.4 is 10.1 Å². The number of aryl methyl sites for hydroxylation is 2. The fourth-order valence-electron chi connectivity index (χ4n) is 3.14. The van der Waals surface area contributed by atoms with Crippen LogP contribution in [-0.4, -0.2) is 30.6 Å². The highest BCUT2D eigenvalue weighted by Crippen LogP contribution is 2.25. The number of hydrogen-bond acceptors (Lipinski definition) is 4. The molecule has 2 aromatic rings. The van der Waals surface area contributed by atoms with E-state index in [0.717, 1.165) is 10.0 Å². The minimum Gasteiger partial charge on any atom is -0.484 e. The first-order valence-corrected chi connectivity index (χ1v) is 10.2. The van der Waals surface area contributed by atoms with E-state index in [9.17, 15) is 4.79 Å². The van der Waals surface area contributed by atoms with Gasteiger partial charge in [-0.1, -0.05) is 22.0 Å². The number of fused-ring (bicyclic) bond motifs is 1. The predicted octanol–water partition coefficient (Wildman–Crippen LogP) is 4.23. The van der Waals surface area contributed by atoms with Crippen LogP contribution in [0.4, 0.5) is 0 Å². The largest absolute Gasteiger partial charge is 0.484 e. The normalized spacial score (nSPS) is 19.7. The number of carbonyl (C=O) groups is 1. The first-order valence-electron chi connectivity index (χ1n) is 9.38. The van der Waals surface area contributed by atoms with Crippen LogP contribution in [0.25, 0.3) is 0 Å². The molecule has 2 aliphatic rings. The van der Waals surface area contributed by atoms with Crippen LogP contribution in [0.2, 0.25) is 0 Å². The smallest absolute Gasteiger partial charge is 0.262 e. The van der Waals surface area contributed by atoms with Crippen molar-refractivity contribution in [3.8, 4) is 5.75 Å². The summed E-state index contributed by atoms with van der Waals surface area (Å²) in [6, 6.07) is 13.4. The van der Waals surface area contributed by atoms with Crippen LogP contribution in [0.15, 0.2) is 75.9 Å². The molecule has 0 unspecified atom stereocenters. The Morgan fingerprint density at radius 1 is 1.17 bits per heavy atom. The number of nitrogens with one attached hydrogen (secondary N) is 1. The molecule has 2 atom stereocenters. The lowest BCUT2D eigenvalue weighted by molar-refractivity contribution is -0.122. The maximum absolute atomic E-state index is 12.2. The quantitative estimate of drug-likeness (QED) is 0.738. The molecule has 0 fully saturated rings. The standard InChI is InChI=1S/C23H21BrN2O3/c1-14-3-4-16(11-15(14)2)23-26-20-12-18(7-10-21(20)29-23)25-22(27)13-28-19-8-5-17(24)6-9-19/h3-12,20-21H,13H2,1-2H3,(H,25,27)/t20-,21+/m1/s1. The molecule has 0 spiro atoms. The van der Waals surface area contributed by atoms with Gasteiger partial charge >= 0.3 is 0 Å². The predicted molar refractivity (Wildman–Crippen MR) is 116 cm³/mol. The monoisotopic (exact) mass is 452 g/mol. The molecule has 6 heteroatoms. The van der Waals surface area contributed by atoms with E-state index in [4.69, 9.17) is 14.5 Å². The zero-order chi connectivity index (χ0) is 20.4. The topological polar surface area (TPSA) is 59.9 Å². The van der Waals surface area contributed by atoms with Crippen LogP contribution in [-0.2, 0) is 9.53 Å². The number of aliphatic imine (C=N–C) groups is 1. The lowest BCUT2D eigenvalue weighted by Gasteiger charge is -2.17. The number of nitrogens with zero attached hydrogens (tertiary/aromatic N) is 1. The average molecular weight is 453 g/mol. The lowest BCUT2D eigenvalue weighted by Crippen LogP contribution is -2.31. The molecule has 29 heavy (non-hydrogen) atoms. The second-order valence-corrected chi connectivity index (χ2v) is 7.99. The van der Waals surface area contributed by atoms with Crippen molar-refractivity contribution in [3.05, 3.63) is 87.6 Å². The molecule has 0 saturated heterocycles. The molecule has 1 amide bonds. The van der Waals surface area contributed by atoms with Gasteiger partial charge in [0.1, 0.15) is 17.9 Å². The summed E-state index contributed by atoms with van der Waals surface area (Å²) in [6.45, 7) is 4.09. The highest BCUT2D eigenvalue weighted by Gasteiger charge is 2.30. The number of hydrogen-bond donors (Lipinski definition) is 1. The van der Waals surface area contributed by atoms with Crippen molar-refractivity contribution >= 4 is 27.7 Å². The third-order valence-electron chi connectivity index (χ3n) is 4.89. The Labute approximate surface area is 178 Å². The number of ether oxygens (including phenoxy) is 2. The molecule has 1 aliphatic heterocycles. The summed E-state index contributed by atoms with van der Waals surface area (Å²) in [6.07, 6.45) is 5.53. The van der Waals surface area contributed by atoms with E-state index in [1.807, 2.05) is 36.4 Å². The maximum atomic E-state index is 12.2. The zero-order valence-electron chi connectivity index (χ0n) is 16.2. The van der Waals surface area contributed by atoms with Crippen molar-refractivity contribution in [1.82, 2.24) is 5.32 Å². The van der Waals surface area contributed by atoms with Gasteiger partial charge in [0.25, 0.3) is 5.91 Å². The van der Waals surface area contributed by atoms with E-state index in [1.165, 1.54) is 11.1 Å². The number of rotatable bonds is 5. The molecular formula is C23H21BrN2O3. The molecule has 2 aromatic carbocycles. The molecule has 0 bridgehead atoms. The van der Waals surface area contributed by atoms with Gasteiger partial charge in [-0.05, 0) is 79.6 Å². The second kappa shape index (κ2) is 8.25. The molecule has 1 aliphatic carbocycles. The van der Waals surface area contributed by atoms with E-state index in [-0.39, 0.29) is 24.7 Å². The van der Waals surface area contributed by atoms with Gasteiger partial charge in [0.15, 0.2) is 6.61 Å². The Bertz CT molecular complexity index is 1020. The van der Waals surface area contributed by atoms with Crippen molar-refractivity contribution in [3.63, 3.8) is 0 Å². The molecule has 0 aromatic heterocycles. The minimum atomic E-state index is -0.223. The van der Waals surface area contributed by atoms with Gasteiger partial charge in [-0.2, -0.15) is 0 Å². The maximum Gasteiger partial charge on any atom is 0.262 e. The molecule has 0 saturated carbocycles. The summed E-state index contributed by atoms with van der Waals surface area (Å²) >= 11 is 3.37. The SMILES string of the molecule is Cc1ccc(C2=N[C@@H]3C=C(NC(=O)COc4ccc(Br)cc4)C=C[C@@H]3O2)cc1C. The van der Waals surface area contributed by atoms with Gasteiger partial charge in [0.2, 0.25) is 5.90 Å². The van der Waals surface area contributed by atoms with Crippen molar-refractivity contribution in [2.75, 3.05) is 6.61 Å². The molecule has 5 nitrogen and oxygen atoms in total. The highest BCUT2D eigenvalue weighted by atomic mass is 79.9. The number of halogens is 1. The van der Waals surface area contributed by atoms with Crippen LogP contribution in [0.3, 0.4) is 0 Å². The number of carbonyl (C=O) groups excluding carboxylic acids is 1. The van der Waals surface area contributed by atoms with Gasteiger partial charge in [-0.15, -0.1) is 0 Å². The Hall–Kier alpha value is -2.86. The Morgan fingerprint density at radius 3 is 2.72 bits per heavy atom. The molecule has 4 rings (SSSR count). The van der Waals surface area contributed by atoms with Gasteiger partial charge < -0.3 is 14.8 Å². The van der Waals surface area contributed by atoms with Gasteiger partial charge in [-0.25, -0.2) is 4.99 Å². The van der Waals surface area contributed by atoms with Gasteiger partial charge in [0, 0.05) is 15.7 Å². The van der Waals surface area contributed by atoms with Crippen molar-refractivity contribution in [1.29, 1.82) is 0 Å². The van der Waals surface area contributed by atoms with Crippen LogP contribution in [0.1, 0.15) is 16.7 Å². The van der Waals surface area contributed by atoms with E-state index in [0.29, 0.717) is 17.3 Å². The van der Waals surface area contributed by atoms with Crippen LogP contribution in [0, 0.1) is 13.8 Å². The highest BCUT2D eigenvalue weighted by molar-refractivity contribution is 9.10. The summed E-state index contributed by atoms with van der Waals surface area (Å²) < 4.78 is 12.5. The molecule has 148 valence electrons. The zero-order valence-corrected chi connectivity index (χ0v) is 17.8. The van der Waals surface area contributed by atoms with Gasteiger partial charge in [0.05, 0.1) is 0 Å². The fourth-order valence-corrected chi connectivity index (χ4v) is 3.40. The molecular weight excluding hydrogens is 432 g/mol. The molecule has 0 radical (unpaired) electrons. The summed E-state index contributed by atoms with van der Waals surface area (Å²) in [7, 11) is 0. The third kappa shape index (κ3) is 4.59. The van der Waals surface area contributed by atoms with Gasteiger partial charge in [-0.3, -0.25) is 4.79 Å². The summed E-state index contributed by atoms with van der Waals surface area (Å²) in [4.78, 5) is 16.9. The Morgan fingerprint density at radius 2 is 1.97 bits per heavy atom. The average Bonchev–Trinajstić information content (AvgIpc) is 3.13. The van der Waals surface area contributed by atoms with Crippen molar-refractivity contribution in [2.45, 2.75) is 26.0 Å². The number of benzene rings is 2. The molecule has 1 heterocycles. The number of allylic oxidation sites excluding steroid dienone is 1. The Kier molecular flexibility index (Phi) is 5.53. The van der Waals surface area contributed by atoms with E-state index in [1.54, 1.807) is 12.1 Å². The fraction of sp³-hybridized carbons (Fsp3) is 0.217. The second-order valence-electron chi connectivity index (χ2n) is 7.08. The molecule has 1 N–H and O–H groups in total. The summed E-state index contributed by atoms with van der Waals surface area (Å²) in [5.74, 6) is 1.05. The summed E-state index contributed by atoms with van der Waals surface area (Å²) in [5.41, 5.74) is 4.11. The van der Waals surface area contributed by atoms with Crippen molar-refractivity contribution in [2.24, 2.45) is 4.99 Å². The Balaban J connectivity index is 1.38. The van der Waals surface area contributed by atoms with Crippen LogP contribution >= 0.6 is 15.9 Å². The lowest BCUT2D eigenvalue weighted by atomic mass is 10.0. The van der Waals surface area contributed by atoms with Crippen LogP contribution in [0.5, 0.6) is 5.75 Å². The third-order valence-corrected chi connectivity index (χ3v) is 5.42.